The van der Waals surface area contributed by atoms with E-state index in [9.17, 15) is 9.59 Å². The van der Waals surface area contributed by atoms with Crippen molar-refractivity contribution in [1.29, 1.82) is 0 Å². The van der Waals surface area contributed by atoms with E-state index in [0.717, 1.165) is 37.7 Å². The summed E-state index contributed by atoms with van der Waals surface area (Å²) >= 11 is 0. The van der Waals surface area contributed by atoms with Crippen molar-refractivity contribution in [2.75, 3.05) is 13.2 Å². The van der Waals surface area contributed by atoms with E-state index >= 15 is 0 Å². The van der Waals surface area contributed by atoms with Crippen LogP contribution in [0.4, 0.5) is 4.79 Å². The summed E-state index contributed by atoms with van der Waals surface area (Å²) in [5.74, 6) is -0.564. The number of carbonyl (C=O) groups excluding carboxylic acids is 2. The van der Waals surface area contributed by atoms with Crippen LogP contribution >= 0.6 is 0 Å². The van der Waals surface area contributed by atoms with E-state index < -0.39 is 26.4 Å². The summed E-state index contributed by atoms with van der Waals surface area (Å²) in [5.41, 5.74) is 4.55. The number of fused-ring (bicyclic) bond motifs is 3. The van der Waals surface area contributed by atoms with Gasteiger partial charge in [0, 0.05) is 5.92 Å². The molecule has 0 unspecified atom stereocenters. The first-order valence-corrected chi connectivity index (χ1v) is 16.3. The van der Waals surface area contributed by atoms with E-state index in [4.69, 9.17) is 14.0 Å². The summed E-state index contributed by atoms with van der Waals surface area (Å²) in [7, 11) is -2.87. The van der Waals surface area contributed by atoms with Gasteiger partial charge in [-0.25, -0.2) is 9.59 Å². The summed E-state index contributed by atoms with van der Waals surface area (Å²) in [4.78, 5) is 31.3. The zero-order chi connectivity index (χ0) is 29.3. The third-order valence-electron chi connectivity index (χ3n) is 8.36. The maximum absolute atomic E-state index is 13.4. The number of ether oxygens (including phenoxy) is 1. The van der Waals surface area contributed by atoms with Crippen molar-refractivity contribution in [1.82, 2.24) is 5.06 Å². The van der Waals surface area contributed by atoms with Gasteiger partial charge in [0.1, 0.15) is 12.6 Å². The molecule has 0 bridgehead atoms. The molecule has 0 saturated carbocycles. The second kappa shape index (κ2) is 11.2. The summed E-state index contributed by atoms with van der Waals surface area (Å²) < 4.78 is 12.8. The lowest BCUT2D eigenvalue weighted by molar-refractivity contribution is -0.168. The second-order valence-electron chi connectivity index (χ2n) is 11.9. The van der Waals surface area contributed by atoms with Gasteiger partial charge in [-0.2, -0.15) is 0 Å². The number of hydrogen-bond acceptors (Lipinski definition) is 5. The molecule has 4 aromatic carbocycles. The second-order valence-corrected chi connectivity index (χ2v) is 16.2. The molecule has 1 aliphatic carbocycles. The zero-order valence-corrected chi connectivity index (χ0v) is 25.2. The van der Waals surface area contributed by atoms with Crippen molar-refractivity contribution in [3.8, 4) is 11.1 Å². The quantitative estimate of drug-likeness (QED) is 0.251. The molecular formula is C35H35NO5Si. The molecule has 214 valence electrons. The molecule has 1 atom stereocenters. The molecule has 1 saturated heterocycles. The Labute approximate surface area is 247 Å². The Morgan fingerprint density at radius 3 is 1.81 bits per heavy atom. The molecule has 42 heavy (non-hydrogen) atoms. The van der Waals surface area contributed by atoms with Crippen LogP contribution < -0.4 is 10.4 Å². The van der Waals surface area contributed by atoms with Gasteiger partial charge >= 0.3 is 12.1 Å². The molecule has 4 aromatic rings. The van der Waals surface area contributed by atoms with Crippen LogP contribution in [0.15, 0.2) is 109 Å². The average molecular weight is 578 g/mol. The Kier molecular flexibility index (Phi) is 7.47. The Morgan fingerprint density at radius 2 is 1.29 bits per heavy atom. The van der Waals surface area contributed by atoms with Gasteiger partial charge in [0.2, 0.25) is 0 Å². The summed E-state index contributed by atoms with van der Waals surface area (Å²) in [6.07, 6.45) is -0.638. The highest BCUT2D eigenvalue weighted by Gasteiger charge is 2.51. The van der Waals surface area contributed by atoms with E-state index in [-0.39, 0.29) is 30.6 Å². The van der Waals surface area contributed by atoms with Gasteiger partial charge in [0.15, 0.2) is 0 Å². The number of nitrogens with zero attached hydrogens (tertiary/aromatic N) is 1. The first-order chi connectivity index (χ1) is 20.3. The lowest BCUT2D eigenvalue weighted by atomic mass is 9.98. The number of hydrogen-bond donors (Lipinski definition) is 0. The lowest BCUT2D eigenvalue weighted by Gasteiger charge is -2.43. The van der Waals surface area contributed by atoms with Crippen LogP contribution in [-0.2, 0) is 18.8 Å². The van der Waals surface area contributed by atoms with E-state index in [1.165, 1.54) is 0 Å². The van der Waals surface area contributed by atoms with Crippen molar-refractivity contribution >= 4 is 30.8 Å². The SMILES string of the molecule is CC(C)(C)[Si](OC[C@H]1CC(=O)ON1C(=O)OCC1c2ccccc2-c2ccccc21)(c1ccccc1)c1ccccc1. The van der Waals surface area contributed by atoms with Gasteiger partial charge in [-0.3, -0.25) is 0 Å². The smallest absolute Gasteiger partial charge is 0.443 e. The van der Waals surface area contributed by atoms with Gasteiger partial charge in [-0.1, -0.05) is 130 Å². The van der Waals surface area contributed by atoms with Crippen molar-refractivity contribution in [3.05, 3.63) is 120 Å². The highest BCUT2D eigenvalue weighted by molar-refractivity contribution is 6.99. The fourth-order valence-corrected chi connectivity index (χ4v) is 11.0. The fourth-order valence-electron chi connectivity index (χ4n) is 6.45. The van der Waals surface area contributed by atoms with Crippen LogP contribution in [0.5, 0.6) is 0 Å². The van der Waals surface area contributed by atoms with E-state index in [2.05, 4.69) is 69.3 Å². The van der Waals surface area contributed by atoms with Crippen molar-refractivity contribution < 1.29 is 23.6 Å². The summed E-state index contributed by atoms with van der Waals surface area (Å²) in [6.45, 7) is 6.86. The zero-order valence-electron chi connectivity index (χ0n) is 24.2. The Bertz CT molecular complexity index is 1500. The molecular weight excluding hydrogens is 542 g/mol. The topological polar surface area (TPSA) is 65.1 Å². The van der Waals surface area contributed by atoms with Gasteiger partial charge < -0.3 is 14.0 Å². The van der Waals surface area contributed by atoms with Gasteiger partial charge in [0.05, 0.1) is 13.0 Å². The maximum atomic E-state index is 13.4. The van der Waals surface area contributed by atoms with Gasteiger partial charge in [-0.05, 0) is 37.7 Å². The largest absolute Gasteiger partial charge is 0.446 e. The fraction of sp³-hybridized carbons (Fsp3) is 0.257. The third kappa shape index (κ3) is 4.93. The molecule has 0 aromatic heterocycles. The van der Waals surface area contributed by atoms with Crippen molar-refractivity contribution in [2.45, 2.75) is 44.2 Å². The predicted octanol–water partition coefficient (Wildman–Crippen LogP) is 6.04. The standard InChI is InChI=1S/C35H35NO5Si/c1-35(2,3)42(26-14-6-4-7-15-26,27-16-8-5-9-17-27)40-23-25-22-33(37)41-36(25)34(38)39-24-32-30-20-12-10-18-28(30)29-19-11-13-21-31(29)32/h4-21,25,32H,22-24H2,1-3H3/t25-/m1/s1. The first-order valence-electron chi connectivity index (χ1n) is 14.4. The van der Waals surface area contributed by atoms with E-state index in [1.54, 1.807) is 0 Å². The van der Waals surface area contributed by atoms with Gasteiger partial charge in [-0.15, -0.1) is 5.06 Å². The molecule has 7 heteroatoms. The van der Waals surface area contributed by atoms with Gasteiger partial charge in [0.25, 0.3) is 8.32 Å². The van der Waals surface area contributed by atoms with Crippen molar-refractivity contribution in [3.63, 3.8) is 0 Å². The maximum Gasteiger partial charge on any atom is 0.443 e. The van der Waals surface area contributed by atoms with Crippen LogP contribution in [0.1, 0.15) is 44.2 Å². The number of amides is 1. The molecule has 1 amide bonds. The molecule has 1 aliphatic heterocycles. The molecule has 0 spiro atoms. The van der Waals surface area contributed by atoms with Crippen LogP contribution in [0, 0.1) is 0 Å². The minimum atomic E-state index is -2.87. The van der Waals surface area contributed by atoms with Crippen LogP contribution in [-0.4, -0.2) is 44.7 Å². The number of carbonyl (C=O) groups is 2. The average Bonchev–Trinajstić information content (AvgIpc) is 3.54. The molecule has 0 radical (unpaired) electrons. The van der Waals surface area contributed by atoms with Crippen LogP contribution in [0.25, 0.3) is 11.1 Å². The lowest BCUT2D eigenvalue weighted by Crippen LogP contribution is -2.67. The third-order valence-corrected chi connectivity index (χ3v) is 13.4. The minimum Gasteiger partial charge on any atom is -0.446 e. The minimum absolute atomic E-state index is 0.0440. The Morgan fingerprint density at radius 1 is 0.786 bits per heavy atom. The Hall–Kier alpha value is -4.20. The molecule has 6 nitrogen and oxygen atoms in total. The normalized spacial score (nSPS) is 16.6. The molecule has 2 aliphatic rings. The summed E-state index contributed by atoms with van der Waals surface area (Å²) in [5, 5.41) is 3.09. The number of rotatable bonds is 7. The molecule has 0 N–H and O–H groups in total. The van der Waals surface area contributed by atoms with Crippen LogP contribution in [0.2, 0.25) is 5.04 Å². The first kappa shape index (κ1) is 27.9. The molecule has 1 heterocycles. The monoisotopic (exact) mass is 577 g/mol. The molecule has 1 fully saturated rings. The number of hydroxylamine groups is 2. The summed E-state index contributed by atoms with van der Waals surface area (Å²) in [6, 6.07) is 36.3. The van der Waals surface area contributed by atoms with E-state index in [0.29, 0.717) is 0 Å². The highest BCUT2D eigenvalue weighted by Crippen LogP contribution is 2.44. The molecule has 6 rings (SSSR count). The van der Waals surface area contributed by atoms with E-state index in [1.807, 2.05) is 60.7 Å². The predicted molar refractivity (Wildman–Crippen MR) is 165 cm³/mol. The van der Waals surface area contributed by atoms with Crippen molar-refractivity contribution in [2.24, 2.45) is 0 Å². The van der Waals surface area contributed by atoms with Crippen LogP contribution in [0.3, 0.4) is 0 Å². The highest BCUT2D eigenvalue weighted by atomic mass is 28.4. The Balaban J connectivity index is 1.23. The number of benzene rings is 4.